The average Bonchev–Trinajstić information content (AvgIpc) is 2.33. The third kappa shape index (κ3) is 6.04. The van der Waals surface area contributed by atoms with Crippen molar-refractivity contribution in [2.75, 3.05) is 0 Å². The highest BCUT2D eigenvalue weighted by molar-refractivity contribution is 7.87. The van der Waals surface area contributed by atoms with E-state index in [0.29, 0.717) is 0 Å². The van der Waals surface area contributed by atoms with Crippen LogP contribution in [-0.2, 0) is 10.2 Å². The molecule has 3 nitrogen and oxygen atoms in total. The molecule has 1 aromatic carbocycles. The van der Waals surface area contributed by atoms with Gasteiger partial charge in [0.1, 0.15) is 11.4 Å². The van der Waals surface area contributed by atoms with Gasteiger partial charge >= 0.3 is 10.2 Å². The smallest absolute Gasteiger partial charge is 0.305 e. The summed E-state index contributed by atoms with van der Waals surface area (Å²) in [5.41, 5.74) is 0.723. The molecule has 0 heterocycles. The Kier molecular flexibility index (Phi) is 5.79. The lowest BCUT2D eigenvalue weighted by molar-refractivity contribution is 0.131. The highest BCUT2D eigenvalue weighted by Gasteiger charge is 2.25. The predicted octanol–water partition coefficient (Wildman–Crippen LogP) is 4.44. The molecule has 0 aliphatic heterocycles. The summed E-state index contributed by atoms with van der Waals surface area (Å²) < 4.78 is 41.0. The largest absolute Gasteiger partial charge is 0.488 e. The molecule has 0 bridgehead atoms. The quantitative estimate of drug-likeness (QED) is 0.729. The topological polar surface area (TPSA) is 43.4 Å². The summed E-state index contributed by atoms with van der Waals surface area (Å²) in [5, 5.41) is -0.932. The lowest BCUT2D eigenvalue weighted by atomic mass is 9.95. The van der Waals surface area contributed by atoms with E-state index in [-0.39, 0.29) is 24.4 Å². The van der Waals surface area contributed by atoms with Crippen LogP contribution < -0.4 is 4.74 Å². The second-order valence-electron chi connectivity index (χ2n) is 6.43. The number of halogens is 1. The van der Waals surface area contributed by atoms with Gasteiger partial charge in [0.15, 0.2) is 0 Å². The lowest BCUT2D eigenvalue weighted by Gasteiger charge is -2.22. The highest BCUT2D eigenvalue weighted by atomic mass is 32.3. The van der Waals surface area contributed by atoms with Crippen molar-refractivity contribution in [2.24, 2.45) is 0 Å². The first kappa shape index (κ1) is 18.0. The lowest BCUT2D eigenvalue weighted by Crippen LogP contribution is -2.22. The SMILES string of the molecule is CCC(CC(C)c1ccc(OC(C)(C)C)cc1)S(=O)(=O)F. The van der Waals surface area contributed by atoms with Gasteiger partial charge in [-0.1, -0.05) is 26.0 Å². The summed E-state index contributed by atoms with van der Waals surface area (Å²) in [5.74, 6) is 0.743. The number of benzene rings is 1. The van der Waals surface area contributed by atoms with Crippen LogP contribution in [0.4, 0.5) is 3.89 Å². The molecule has 0 N–H and O–H groups in total. The Morgan fingerprint density at radius 2 is 1.71 bits per heavy atom. The third-order valence-electron chi connectivity index (χ3n) is 3.34. The molecule has 1 rings (SSSR count). The first-order chi connectivity index (χ1) is 9.53. The standard InChI is InChI=1S/C16H25FO3S/c1-6-15(21(17,18)19)11-12(2)13-7-9-14(10-8-13)20-16(3,4)5/h7-10,12,15H,6,11H2,1-5H3. The van der Waals surface area contributed by atoms with Crippen LogP contribution in [0.5, 0.6) is 5.75 Å². The molecule has 0 fully saturated rings. The monoisotopic (exact) mass is 316 g/mol. The van der Waals surface area contributed by atoms with Gasteiger partial charge in [0.2, 0.25) is 0 Å². The molecular weight excluding hydrogens is 291 g/mol. The van der Waals surface area contributed by atoms with Gasteiger partial charge in [0.25, 0.3) is 0 Å². The molecule has 21 heavy (non-hydrogen) atoms. The predicted molar refractivity (Wildman–Crippen MR) is 84.0 cm³/mol. The Bertz CT molecular complexity index is 544. The fourth-order valence-corrected chi connectivity index (χ4v) is 3.15. The zero-order valence-corrected chi connectivity index (χ0v) is 14.2. The van der Waals surface area contributed by atoms with Crippen LogP contribution in [0.15, 0.2) is 24.3 Å². The summed E-state index contributed by atoms with van der Waals surface area (Å²) in [7, 11) is -4.47. The van der Waals surface area contributed by atoms with E-state index in [4.69, 9.17) is 4.74 Å². The summed E-state index contributed by atoms with van der Waals surface area (Å²) in [6.45, 7) is 9.52. The maximum absolute atomic E-state index is 13.1. The molecule has 5 heteroatoms. The Balaban J connectivity index is 2.77. The van der Waals surface area contributed by atoms with Crippen molar-refractivity contribution in [1.29, 1.82) is 0 Å². The van der Waals surface area contributed by atoms with Crippen LogP contribution in [0.25, 0.3) is 0 Å². The van der Waals surface area contributed by atoms with E-state index >= 15 is 0 Å². The van der Waals surface area contributed by atoms with E-state index in [1.165, 1.54) is 0 Å². The third-order valence-corrected chi connectivity index (χ3v) is 4.67. The maximum Gasteiger partial charge on any atom is 0.305 e. The molecule has 0 saturated carbocycles. The molecule has 0 aliphatic rings. The van der Waals surface area contributed by atoms with Crippen molar-refractivity contribution in [3.05, 3.63) is 29.8 Å². The molecule has 0 radical (unpaired) electrons. The molecule has 0 aromatic heterocycles. The fraction of sp³-hybridized carbons (Fsp3) is 0.625. The van der Waals surface area contributed by atoms with Crippen LogP contribution in [0.3, 0.4) is 0 Å². The van der Waals surface area contributed by atoms with E-state index in [9.17, 15) is 12.3 Å². The summed E-state index contributed by atoms with van der Waals surface area (Å²) >= 11 is 0. The Labute approximate surface area is 127 Å². The molecule has 2 atom stereocenters. The van der Waals surface area contributed by atoms with E-state index in [0.717, 1.165) is 11.3 Å². The van der Waals surface area contributed by atoms with Gasteiger partial charge in [-0.05, 0) is 57.2 Å². The highest BCUT2D eigenvalue weighted by Crippen LogP contribution is 2.28. The molecular formula is C16H25FO3S. The fourth-order valence-electron chi connectivity index (χ4n) is 2.23. The zero-order valence-electron chi connectivity index (χ0n) is 13.4. The van der Waals surface area contributed by atoms with Gasteiger partial charge in [-0.3, -0.25) is 0 Å². The molecule has 0 amide bonds. The molecule has 2 unspecified atom stereocenters. The van der Waals surface area contributed by atoms with Crippen molar-refractivity contribution < 1.29 is 17.0 Å². The van der Waals surface area contributed by atoms with E-state index in [1.54, 1.807) is 6.92 Å². The number of rotatable bonds is 6. The summed E-state index contributed by atoms with van der Waals surface area (Å²) in [6.07, 6.45) is 0.573. The van der Waals surface area contributed by atoms with Gasteiger partial charge in [-0.15, -0.1) is 3.89 Å². The molecule has 0 aliphatic carbocycles. The van der Waals surface area contributed by atoms with Crippen molar-refractivity contribution in [3.63, 3.8) is 0 Å². The molecule has 0 spiro atoms. The molecule has 120 valence electrons. The minimum Gasteiger partial charge on any atom is -0.488 e. The van der Waals surface area contributed by atoms with Crippen molar-refractivity contribution in [2.45, 2.75) is 64.2 Å². The Morgan fingerprint density at radius 3 is 2.10 bits per heavy atom. The number of hydrogen-bond donors (Lipinski definition) is 0. The van der Waals surface area contributed by atoms with Crippen LogP contribution >= 0.6 is 0 Å². The van der Waals surface area contributed by atoms with Crippen LogP contribution in [0, 0.1) is 0 Å². The zero-order chi connectivity index (χ0) is 16.3. The minimum absolute atomic E-state index is 0.0239. The first-order valence-electron chi connectivity index (χ1n) is 7.25. The molecule has 1 aromatic rings. The summed E-state index contributed by atoms with van der Waals surface area (Å²) in [6, 6.07) is 7.54. The first-order valence-corrected chi connectivity index (χ1v) is 8.70. The maximum atomic E-state index is 13.1. The van der Waals surface area contributed by atoms with Crippen molar-refractivity contribution >= 4 is 10.2 Å². The Morgan fingerprint density at radius 1 is 1.19 bits per heavy atom. The second kappa shape index (κ2) is 6.77. The van der Waals surface area contributed by atoms with Gasteiger partial charge in [-0.2, -0.15) is 8.42 Å². The number of hydrogen-bond acceptors (Lipinski definition) is 3. The summed E-state index contributed by atoms with van der Waals surface area (Å²) in [4.78, 5) is 0. The second-order valence-corrected chi connectivity index (χ2v) is 8.04. The minimum atomic E-state index is -4.47. The van der Waals surface area contributed by atoms with E-state index in [1.807, 2.05) is 52.0 Å². The van der Waals surface area contributed by atoms with Gasteiger partial charge < -0.3 is 4.74 Å². The van der Waals surface area contributed by atoms with Crippen molar-refractivity contribution in [1.82, 2.24) is 0 Å². The van der Waals surface area contributed by atoms with Gasteiger partial charge in [0.05, 0.1) is 5.25 Å². The average molecular weight is 316 g/mol. The Hall–Kier alpha value is -1.10. The van der Waals surface area contributed by atoms with Crippen LogP contribution in [0.1, 0.15) is 58.9 Å². The van der Waals surface area contributed by atoms with Crippen LogP contribution in [-0.4, -0.2) is 19.3 Å². The van der Waals surface area contributed by atoms with Gasteiger partial charge in [0, 0.05) is 0 Å². The van der Waals surface area contributed by atoms with Crippen molar-refractivity contribution in [3.8, 4) is 5.75 Å². The van der Waals surface area contributed by atoms with Crippen LogP contribution in [0.2, 0.25) is 0 Å². The molecule has 0 saturated heterocycles. The number of ether oxygens (including phenoxy) is 1. The van der Waals surface area contributed by atoms with E-state index < -0.39 is 15.5 Å². The van der Waals surface area contributed by atoms with E-state index in [2.05, 4.69) is 0 Å². The normalized spacial score (nSPS) is 15.5. The van der Waals surface area contributed by atoms with Gasteiger partial charge in [-0.25, -0.2) is 0 Å².